The van der Waals surface area contributed by atoms with Crippen molar-refractivity contribution in [3.05, 3.63) is 0 Å². The molecule has 0 aromatic carbocycles. The standard InChI is InChI=1S/C14H22F8O4S/c1-2-3-4-5-6-7-8-9-10-25-13(18,19)12(16,17)11(15)26-27(23,24)14(20,21)22/h11H,2-10H2,1H3. The Bertz CT molecular complexity index is 522. The van der Waals surface area contributed by atoms with Crippen molar-refractivity contribution in [2.75, 3.05) is 6.61 Å². The molecule has 0 heterocycles. The molecule has 0 aromatic rings. The molecule has 27 heavy (non-hydrogen) atoms. The van der Waals surface area contributed by atoms with Crippen LogP contribution in [0.25, 0.3) is 0 Å². The minimum atomic E-state index is -6.83. The first-order valence-electron chi connectivity index (χ1n) is 8.22. The number of alkyl halides is 8. The first kappa shape index (κ1) is 26.3. The highest BCUT2D eigenvalue weighted by Gasteiger charge is 2.67. The second kappa shape index (κ2) is 10.7. The highest BCUT2D eigenvalue weighted by atomic mass is 32.2. The summed E-state index contributed by atoms with van der Waals surface area (Å²) in [5.41, 5.74) is -6.25. The molecule has 0 aromatic heterocycles. The molecule has 0 amide bonds. The summed E-state index contributed by atoms with van der Waals surface area (Å²) >= 11 is 0. The van der Waals surface area contributed by atoms with E-state index in [9.17, 15) is 43.5 Å². The van der Waals surface area contributed by atoms with Crippen molar-refractivity contribution in [2.45, 2.75) is 82.2 Å². The van der Waals surface area contributed by atoms with Crippen LogP contribution in [0.5, 0.6) is 0 Å². The van der Waals surface area contributed by atoms with Gasteiger partial charge in [-0.25, -0.2) is 8.57 Å². The SMILES string of the molecule is CCCCCCCCCCOC(F)(F)C(F)(F)C(F)OS(=O)(=O)C(F)(F)F. The van der Waals surface area contributed by atoms with Crippen LogP contribution >= 0.6 is 0 Å². The van der Waals surface area contributed by atoms with Crippen molar-refractivity contribution >= 4 is 10.1 Å². The van der Waals surface area contributed by atoms with Gasteiger partial charge in [-0.3, -0.25) is 0 Å². The van der Waals surface area contributed by atoms with Gasteiger partial charge in [0.2, 0.25) is 0 Å². The summed E-state index contributed by atoms with van der Waals surface area (Å²) in [4.78, 5) is 0. The van der Waals surface area contributed by atoms with E-state index in [1.54, 1.807) is 0 Å². The molecule has 0 rings (SSSR count). The fraction of sp³-hybridized carbons (Fsp3) is 1.00. The van der Waals surface area contributed by atoms with E-state index < -0.39 is 40.6 Å². The smallest absolute Gasteiger partial charge is 0.316 e. The van der Waals surface area contributed by atoms with Crippen LogP contribution in [0.2, 0.25) is 0 Å². The lowest BCUT2D eigenvalue weighted by Crippen LogP contribution is -2.52. The Morgan fingerprint density at radius 3 is 1.70 bits per heavy atom. The van der Waals surface area contributed by atoms with Crippen LogP contribution in [-0.2, 0) is 19.0 Å². The Labute approximate surface area is 152 Å². The predicted octanol–water partition coefficient (Wildman–Crippen LogP) is 5.53. The van der Waals surface area contributed by atoms with Gasteiger partial charge in [-0.2, -0.15) is 39.2 Å². The summed E-state index contributed by atoms with van der Waals surface area (Å²) in [6.45, 7) is 1.11. The molecule has 0 aliphatic rings. The van der Waals surface area contributed by atoms with Gasteiger partial charge in [0.25, 0.3) is 6.36 Å². The van der Waals surface area contributed by atoms with E-state index >= 15 is 0 Å². The zero-order valence-corrected chi connectivity index (χ0v) is 15.3. The van der Waals surface area contributed by atoms with Crippen molar-refractivity contribution in [2.24, 2.45) is 0 Å². The largest absolute Gasteiger partial charge is 0.523 e. The normalized spacial score (nSPS) is 15.1. The van der Waals surface area contributed by atoms with Gasteiger partial charge in [-0.05, 0) is 6.42 Å². The van der Waals surface area contributed by atoms with Crippen molar-refractivity contribution in [1.29, 1.82) is 0 Å². The topological polar surface area (TPSA) is 52.6 Å². The third-order valence-corrected chi connectivity index (χ3v) is 4.44. The van der Waals surface area contributed by atoms with Crippen LogP contribution in [0.15, 0.2) is 0 Å². The number of ether oxygens (including phenoxy) is 1. The van der Waals surface area contributed by atoms with Crippen molar-refractivity contribution < 1.29 is 52.5 Å². The van der Waals surface area contributed by atoms with Gasteiger partial charge >= 0.3 is 27.7 Å². The van der Waals surface area contributed by atoms with Crippen molar-refractivity contribution in [3.63, 3.8) is 0 Å². The Kier molecular flexibility index (Phi) is 10.5. The van der Waals surface area contributed by atoms with E-state index in [0.29, 0.717) is 12.8 Å². The van der Waals surface area contributed by atoms with E-state index in [0.717, 1.165) is 32.1 Å². The third-order valence-electron chi connectivity index (χ3n) is 3.45. The molecule has 13 heteroatoms. The van der Waals surface area contributed by atoms with Crippen LogP contribution in [0.3, 0.4) is 0 Å². The van der Waals surface area contributed by atoms with Gasteiger partial charge in [0, 0.05) is 0 Å². The average Bonchev–Trinajstić information content (AvgIpc) is 2.51. The van der Waals surface area contributed by atoms with Gasteiger partial charge in [0.15, 0.2) is 0 Å². The minimum Gasteiger partial charge on any atom is -0.316 e. The van der Waals surface area contributed by atoms with Crippen molar-refractivity contribution in [1.82, 2.24) is 0 Å². The lowest BCUT2D eigenvalue weighted by Gasteiger charge is -2.28. The molecule has 1 atom stereocenters. The van der Waals surface area contributed by atoms with Gasteiger partial charge in [-0.15, -0.1) is 0 Å². The number of halogens is 8. The summed E-state index contributed by atoms with van der Waals surface area (Å²) in [5, 5.41) is 0. The summed E-state index contributed by atoms with van der Waals surface area (Å²) < 4.78 is 129. The number of hydrogen-bond acceptors (Lipinski definition) is 4. The Morgan fingerprint density at radius 1 is 0.815 bits per heavy atom. The fourth-order valence-corrected chi connectivity index (χ4v) is 2.34. The van der Waals surface area contributed by atoms with Gasteiger partial charge < -0.3 is 4.74 Å². The summed E-state index contributed by atoms with van der Waals surface area (Å²) in [5.74, 6) is -5.95. The Morgan fingerprint density at radius 2 is 1.26 bits per heavy atom. The Hall–Kier alpha value is -0.690. The van der Waals surface area contributed by atoms with Gasteiger partial charge in [0.05, 0.1) is 6.61 Å². The maximum Gasteiger partial charge on any atom is 0.523 e. The van der Waals surface area contributed by atoms with E-state index in [-0.39, 0.29) is 6.42 Å². The molecule has 0 radical (unpaired) electrons. The maximum atomic E-state index is 13.3. The Balaban J connectivity index is 4.45. The van der Waals surface area contributed by atoms with E-state index in [2.05, 4.69) is 8.92 Å². The quantitative estimate of drug-likeness (QED) is 0.155. The van der Waals surface area contributed by atoms with E-state index in [4.69, 9.17) is 0 Å². The molecule has 0 spiro atoms. The predicted molar refractivity (Wildman–Crippen MR) is 79.4 cm³/mol. The molecule has 0 fully saturated rings. The summed E-state index contributed by atoms with van der Waals surface area (Å²) in [7, 11) is -6.83. The lowest BCUT2D eigenvalue weighted by molar-refractivity contribution is -0.379. The van der Waals surface area contributed by atoms with Crippen LogP contribution < -0.4 is 0 Å². The minimum absolute atomic E-state index is 0.0713. The van der Waals surface area contributed by atoms with Gasteiger partial charge in [0.1, 0.15) is 0 Å². The number of hydrogen-bond donors (Lipinski definition) is 0. The first-order valence-corrected chi connectivity index (χ1v) is 9.63. The highest BCUT2D eigenvalue weighted by molar-refractivity contribution is 7.87. The zero-order chi connectivity index (χ0) is 21.4. The lowest BCUT2D eigenvalue weighted by atomic mass is 10.1. The first-order chi connectivity index (χ1) is 12.2. The number of unbranched alkanes of at least 4 members (excludes halogenated alkanes) is 7. The second-order valence-electron chi connectivity index (χ2n) is 5.78. The van der Waals surface area contributed by atoms with Crippen LogP contribution in [0.4, 0.5) is 35.1 Å². The average molecular weight is 438 g/mol. The van der Waals surface area contributed by atoms with Crippen molar-refractivity contribution in [3.8, 4) is 0 Å². The van der Waals surface area contributed by atoms with Gasteiger partial charge in [-0.1, -0.05) is 51.9 Å². The molecular formula is C14H22F8O4S. The monoisotopic (exact) mass is 438 g/mol. The summed E-state index contributed by atoms with van der Waals surface area (Å²) in [6, 6.07) is 0. The molecule has 1 unspecified atom stereocenters. The molecule has 0 saturated carbocycles. The third kappa shape index (κ3) is 8.46. The highest BCUT2D eigenvalue weighted by Crippen LogP contribution is 2.41. The van der Waals surface area contributed by atoms with Crippen LogP contribution in [-0.4, -0.2) is 38.9 Å². The second-order valence-corrected chi connectivity index (χ2v) is 7.34. The van der Waals surface area contributed by atoms with Crippen LogP contribution in [0, 0.1) is 0 Å². The maximum absolute atomic E-state index is 13.3. The van der Waals surface area contributed by atoms with Crippen LogP contribution in [0.1, 0.15) is 58.3 Å². The summed E-state index contributed by atoms with van der Waals surface area (Å²) in [6.07, 6.45) is -4.57. The fourth-order valence-electron chi connectivity index (χ4n) is 1.89. The molecule has 164 valence electrons. The molecule has 0 bridgehead atoms. The number of rotatable bonds is 14. The van der Waals surface area contributed by atoms with E-state index in [1.807, 2.05) is 6.92 Å². The molecule has 0 aliphatic carbocycles. The zero-order valence-electron chi connectivity index (χ0n) is 14.5. The molecule has 0 aliphatic heterocycles. The molecule has 0 N–H and O–H groups in total. The van der Waals surface area contributed by atoms with E-state index in [1.165, 1.54) is 0 Å². The molecular weight excluding hydrogens is 416 g/mol. The molecule has 4 nitrogen and oxygen atoms in total. The molecule has 0 saturated heterocycles.